The van der Waals surface area contributed by atoms with Gasteiger partial charge in [-0.15, -0.1) is 0 Å². The van der Waals surface area contributed by atoms with Crippen LogP contribution >= 0.6 is 0 Å². The van der Waals surface area contributed by atoms with E-state index >= 15 is 0 Å². The minimum Gasteiger partial charge on any atom is -0.469 e. The quantitative estimate of drug-likeness (QED) is 0.634. The molecule has 0 heterocycles. The molecule has 4 atom stereocenters. The van der Waals surface area contributed by atoms with E-state index < -0.39 is 0 Å². The number of Topliss-reactive ketones (excluding diaryl/α,β-unsaturated/α-hetero) is 1. The van der Waals surface area contributed by atoms with Crippen LogP contribution in [-0.4, -0.2) is 18.9 Å². The number of hydrogen-bond donors (Lipinski definition) is 0. The maximum atomic E-state index is 11.5. The molecule has 4 unspecified atom stereocenters. The number of ether oxygens (including phenoxy) is 1. The van der Waals surface area contributed by atoms with Crippen molar-refractivity contribution in [3.05, 3.63) is 0 Å². The molecule has 1 rings (SSSR count). The molecule has 0 aromatic rings. The Balaban J connectivity index is 2.71. The van der Waals surface area contributed by atoms with Gasteiger partial charge in [0.05, 0.1) is 13.0 Å². The predicted octanol–water partition coefficient (Wildman–Crippen LogP) is 1.66. The van der Waals surface area contributed by atoms with Crippen molar-refractivity contribution in [2.45, 2.75) is 27.2 Å². The third kappa shape index (κ3) is 1.81. The second-order valence-corrected chi connectivity index (χ2v) is 4.29. The molecule has 0 spiro atoms. The van der Waals surface area contributed by atoms with Crippen molar-refractivity contribution in [1.29, 1.82) is 0 Å². The molecule has 0 saturated heterocycles. The predicted molar refractivity (Wildman–Crippen MR) is 52.6 cm³/mol. The summed E-state index contributed by atoms with van der Waals surface area (Å²) in [5.41, 5.74) is 0. The molecule has 0 aliphatic heterocycles. The summed E-state index contributed by atoms with van der Waals surface area (Å²) < 4.78 is 4.69. The average molecular weight is 198 g/mol. The summed E-state index contributed by atoms with van der Waals surface area (Å²) in [4.78, 5) is 22.8. The molecule has 0 radical (unpaired) electrons. The lowest BCUT2D eigenvalue weighted by Gasteiger charge is -2.21. The first-order valence-corrected chi connectivity index (χ1v) is 5.09. The molecule has 1 saturated carbocycles. The van der Waals surface area contributed by atoms with E-state index in [4.69, 9.17) is 4.74 Å². The summed E-state index contributed by atoms with van der Waals surface area (Å²) in [7, 11) is 1.39. The number of hydrogen-bond acceptors (Lipinski definition) is 3. The molecule has 1 aliphatic rings. The molecule has 0 amide bonds. The molecule has 14 heavy (non-hydrogen) atoms. The van der Waals surface area contributed by atoms with Gasteiger partial charge in [-0.2, -0.15) is 0 Å². The lowest BCUT2D eigenvalue weighted by Crippen LogP contribution is -2.25. The van der Waals surface area contributed by atoms with E-state index in [9.17, 15) is 9.59 Å². The Morgan fingerprint density at radius 1 is 1.50 bits per heavy atom. The summed E-state index contributed by atoms with van der Waals surface area (Å²) in [6.07, 6.45) is 0.526. The minimum absolute atomic E-state index is 0.0899. The highest BCUT2D eigenvalue weighted by molar-refractivity contribution is 5.84. The number of ketones is 1. The van der Waals surface area contributed by atoms with E-state index in [0.717, 1.165) is 0 Å². The van der Waals surface area contributed by atoms with Crippen molar-refractivity contribution in [3.63, 3.8) is 0 Å². The number of carbonyl (C=O) groups excluding carboxylic acids is 2. The maximum Gasteiger partial charge on any atom is 0.308 e. The van der Waals surface area contributed by atoms with Gasteiger partial charge >= 0.3 is 5.97 Å². The van der Waals surface area contributed by atoms with Gasteiger partial charge in [0, 0.05) is 12.3 Å². The Bertz CT molecular complexity index is 247. The fraction of sp³-hybridized carbons (Fsp3) is 0.818. The zero-order chi connectivity index (χ0) is 10.9. The molecule has 0 aromatic carbocycles. The zero-order valence-corrected chi connectivity index (χ0v) is 9.24. The summed E-state index contributed by atoms with van der Waals surface area (Å²) in [6.45, 7) is 5.83. The lowest BCUT2D eigenvalue weighted by molar-refractivity contribution is -0.147. The maximum absolute atomic E-state index is 11.5. The number of methoxy groups -OCH3 is 1. The highest BCUT2D eigenvalue weighted by atomic mass is 16.5. The van der Waals surface area contributed by atoms with E-state index in [1.807, 2.05) is 20.8 Å². The largest absolute Gasteiger partial charge is 0.469 e. The van der Waals surface area contributed by atoms with Gasteiger partial charge in [0.15, 0.2) is 0 Å². The molecular weight excluding hydrogens is 180 g/mol. The molecule has 80 valence electrons. The first kappa shape index (κ1) is 11.2. The standard InChI is InChI=1S/C11H18O3/c1-6-7(2)10(12)5-9(6)8(3)11(13)14-4/h6-9H,5H2,1-4H3. The van der Waals surface area contributed by atoms with Crippen LogP contribution in [0.15, 0.2) is 0 Å². The van der Waals surface area contributed by atoms with Gasteiger partial charge in [-0.25, -0.2) is 0 Å². The molecule has 3 nitrogen and oxygen atoms in total. The number of carbonyl (C=O) groups is 2. The van der Waals surface area contributed by atoms with Gasteiger partial charge in [0.2, 0.25) is 0 Å². The zero-order valence-electron chi connectivity index (χ0n) is 9.24. The van der Waals surface area contributed by atoms with Crippen LogP contribution in [0.25, 0.3) is 0 Å². The van der Waals surface area contributed by atoms with E-state index in [2.05, 4.69) is 0 Å². The average Bonchev–Trinajstić information content (AvgIpc) is 2.43. The van der Waals surface area contributed by atoms with Crippen LogP contribution in [-0.2, 0) is 14.3 Å². The highest BCUT2D eigenvalue weighted by Crippen LogP contribution is 2.38. The van der Waals surface area contributed by atoms with Crippen LogP contribution in [0.2, 0.25) is 0 Å². The summed E-state index contributed by atoms with van der Waals surface area (Å²) in [6, 6.07) is 0. The number of rotatable bonds is 2. The minimum atomic E-state index is -0.205. The van der Waals surface area contributed by atoms with Gasteiger partial charge in [-0.1, -0.05) is 20.8 Å². The number of esters is 1. The Morgan fingerprint density at radius 3 is 2.43 bits per heavy atom. The Morgan fingerprint density at radius 2 is 2.07 bits per heavy atom. The molecule has 0 aromatic heterocycles. The lowest BCUT2D eigenvalue weighted by atomic mass is 9.83. The second kappa shape index (κ2) is 4.11. The van der Waals surface area contributed by atoms with Crippen LogP contribution < -0.4 is 0 Å². The SMILES string of the molecule is COC(=O)C(C)C1CC(=O)C(C)C1C. The van der Waals surface area contributed by atoms with Crippen LogP contribution in [0.3, 0.4) is 0 Å². The fourth-order valence-corrected chi connectivity index (χ4v) is 2.26. The topological polar surface area (TPSA) is 43.4 Å². The molecular formula is C11H18O3. The highest BCUT2D eigenvalue weighted by Gasteiger charge is 2.41. The van der Waals surface area contributed by atoms with Crippen LogP contribution in [0.4, 0.5) is 0 Å². The molecule has 0 bridgehead atoms. The van der Waals surface area contributed by atoms with Crippen molar-refractivity contribution in [2.24, 2.45) is 23.7 Å². The van der Waals surface area contributed by atoms with Crippen molar-refractivity contribution in [2.75, 3.05) is 7.11 Å². The Kier molecular flexibility index (Phi) is 3.29. The van der Waals surface area contributed by atoms with Crippen LogP contribution in [0.5, 0.6) is 0 Å². The normalized spacial score (nSPS) is 34.3. The van der Waals surface area contributed by atoms with Crippen LogP contribution in [0.1, 0.15) is 27.2 Å². The fourth-order valence-electron chi connectivity index (χ4n) is 2.26. The summed E-state index contributed by atoms with van der Waals surface area (Å²) in [5, 5.41) is 0. The first-order valence-electron chi connectivity index (χ1n) is 5.09. The Labute approximate surface area is 84.8 Å². The van der Waals surface area contributed by atoms with Gasteiger partial charge in [0.1, 0.15) is 5.78 Å². The monoisotopic (exact) mass is 198 g/mol. The van der Waals surface area contributed by atoms with Gasteiger partial charge < -0.3 is 4.74 Å². The van der Waals surface area contributed by atoms with Gasteiger partial charge in [0.25, 0.3) is 0 Å². The smallest absolute Gasteiger partial charge is 0.308 e. The van der Waals surface area contributed by atoms with E-state index in [0.29, 0.717) is 6.42 Å². The van der Waals surface area contributed by atoms with Crippen molar-refractivity contribution in [3.8, 4) is 0 Å². The van der Waals surface area contributed by atoms with Crippen molar-refractivity contribution >= 4 is 11.8 Å². The van der Waals surface area contributed by atoms with Crippen LogP contribution in [0, 0.1) is 23.7 Å². The van der Waals surface area contributed by atoms with Gasteiger partial charge in [-0.3, -0.25) is 9.59 Å². The summed E-state index contributed by atoms with van der Waals surface area (Å²) in [5.74, 6) is 0.444. The van der Waals surface area contributed by atoms with E-state index in [-0.39, 0.29) is 35.4 Å². The molecule has 1 fully saturated rings. The first-order chi connectivity index (χ1) is 6.49. The van der Waals surface area contributed by atoms with Gasteiger partial charge in [-0.05, 0) is 11.8 Å². The van der Waals surface area contributed by atoms with Crippen molar-refractivity contribution < 1.29 is 14.3 Å². The van der Waals surface area contributed by atoms with E-state index in [1.54, 1.807) is 0 Å². The summed E-state index contributed by atoms with van der Waals surface area (Å²) >= 11 is 0. The second-order valence-electron chi connectivity index (χ2n) is 4.29. The van der Waals surface area contributed by atoms with E-state index in [1.165, 1.54) is 7.11 Å². The molecule has 0 N–H and O–H groups in total. The molecule has 1 aliphatic carbocycles. The van der Waals surface area contributed by atoms with Crippen molar-refractivity contribution in [1.82, 2.24) is 0 Å². The molecule has 3 heteroatoms. The third-order valence-electron chi connectivity index (χ3n) is 3.62. The Hall–Kier alpha value is -0.860. The third-order valence-corrected chi connectivity index (χ3v) is 3.62.